The quantitative estimate of drug-likeness (QED) is 0.276. The van der Waals surface area contributed by atoms with E-state index in [1.165, 1.54) is 13.2 Å². The Kier molecular flexibility index (Phi) is 7.49. The summed E-state index contributed by atoms with van der Waals surface area (Å²) in [5, 5.41) is 22.6. The van der Waals surface area contributed by atoms with Gasteiger partial charge >= 0.3 is 6.03 Å². The molecule has 0 aromatic carbocycles. The minimum atomic E-state index is -6.14. The molecule has 16 nitrogen and oxygen atoms in total. The molecule has 1 fully saturated rings. The van der Waals surface area contributed by atoms with E-state index in [0.717, 1.165) is 4.90 Å². The Morgan fingerprint density at radius 2 is 1.77 bits per heavy atom. The fourth-order valence-corrected chi connectivity index (χ4v) is 5.34. The normalized spacial score (nSPS) is 31.7. The summed E-state index contributed by atoms with van der Waals surface area (Å²) in [4.78, 5) is 55.8. The smallest absolute Gasteiger partial charge is 0.325 e. The number of aliphatic hydroxyl groups excluding tert-OH is 2. The van der Waals surface area contributed by atoms with Crippen molar-refractivity contribution in [3.8, 4) is 0 Å². The minimum absolute atomic E-state index is 0.0397. The van der Waals surface area contributed by atoms with Gasteiger partial charge in [-0.25, -0.2) is 9.11 Å². The van der Waals surface area contributed by atoms with Gasteiger partial charge in [0.15, 0.2) is 0 Å². The molecule has 2 amide bonds. The van der Waals surface area contributed by atoms with Crippen LogP contribution < -0.4 is 24.9 Å². The number of nitrogens with zero attached hydrogens (tertiary/aromatic N) is 1. The van der Waals surface area contributed by atoms with Crippen LogP contribution in [-0.2, 0) is 31.6 Å². The third kappa shape index (κ3) is 6.52. The van der Waals surface area contributed by atoms with Crippen molar-refractivity contribution in [3.63, 3.8) is 0 Å². The molecule has 0 bridgehead atoms. The average Bonchev–Trinajstić information content (AvgIpc) is 2.81. The number of phosphoric acid groups is 3. The number of ether oxygens (including phenoxy) is 1. The zero-order valence-electron chi connectivity index (χ0n) is 14.9. The highest BCUT2D eigenvalue weighted by molar-refractivity contribution is 7.64. The molecule has 30 heavy (non-hydrogen) atoms. The number of urea groups is 1. The number of aliphatic hydroxyl groups is 2. The number of hydrogen-bond donors (Lipinski definition) is 3. The number of carbonyl (C=O) groups is 1. The molecule has 0 aromatic rings. The van der Waals surface area contributed by atoms with Crippen molar-refractivity contribution in [2.45, 2.75) is 24.4 Å². The first kappa shape index (κ1) is 25.3. The summed E-state index contributed by atoms with van der Waals surface area (Å²) in [6.07, 6.45) is -4.92. The molecule has 6 atom stereocenters. The Balaban J connectivity index is 2.04. The summed E-state index contributed by atoms with van der Waals surface area (Å²) < 4.78 is 48.9. The lowest BCUT2D eigenvalue weighted by Gasteiger charge is -2.37. The summed E-state index contributed by atoms with van der Waals surface area (Å²) in [7, 11) is -16.7. The highest BCUT2D eigenvalue weighted by Crippen LogP contribution is 2.60. The van der Waals surface area contributed by atoms with E-state index in [2.05, 4.69) is 25.0 Å². The molecule has 0 saturated carbocycles. The number of nitrogens with one attached hydrogen (secondary N) is 1. The van der Waals surface area contributed by atoms with Gasteiger partial charge < -0.3 is 53.8 Å². The maximum Gasteiger partial charge on any atom is 0.325 e. The van der Waals surface area contributed by atoms with Crippen molar-refractivity contribution >= 4 is 29.5 Å². The number of amides is 2. The average molecular weight is 492 g/mol. The largest absolute Gasteiger partial charge is 0.790 e. The second-order valence-corrected chi connectivity index (χ2v) is 10.2. The molecule has 172 valence electrons. The summed E-state index contributed by atoms with van der Waals surface area (Å²) in [6, 6.07) is -0.536. The first-order chi connectivity index (χ1) is 13.5. The predicted molar refractivity (Wildman–Crippen MR) is 85.1 cm³/mol. The van der Waals surface area contributed by atoms with E-state index < -0.39 is 60.5 Å². The van der Waals surface area contributed by atoms with Crippen LogP contribution in [0.4, 0.5) is 4.79 Å². The fraction of sp³-hybridized carbons (Fsp3) is 0.545. The second-order valence-electron chi connectivity index (χ2n) is 5.98. The molecular weight excluding hydrogens is 477 g/mol. The van der Waals surface area contributed by atoms with Crippen LogP contribution in [0.3, 0.4) is 0 Å². The standard InChI is InChI=1S/C11H19N2O14P3/c1-5-6(3-13(2)11(16)12-5)10-9(15)8(14)7(25-10)4-24-29(20,21)27-30(22,23)26-28(17,18)19/h3,7-10,14-15H,1,4H2,2H3,(H,12,16)(H,20,21)(H,22,23)(H2,17,18,19)/p-4/t7-,8?,9+,10+/m1/s1. The van der Waals surface area contributed by atoms with Crippen LogP contribution in [0.1, 0.15) is 0 Å². The molecule has 0 aromatic heterocycles. The van der Waals surface area contributed by atoms with Gasteiger partial charge in [-0.1, -0.05) is 6.58 Å². The lowest BCUT2D eigenvalue weighted by molar-refractivity contribution is -0.339. The number of hydrogen-bond acceptors (Lipinski definition) is 14. The maximum atomic E-state index is 11.5. The van der Waals surface area contributed by atoms with Crippen molar-refractivity contribution in [2.24, 2.45) is 0 Å². The third-order valence-corrected chi connectivity index (χ3v) is 7.39. The van der Waals surface area contributed by atoms with Crippen LogP contribution in [0.5, 0.6) is 0 Å². The lowest BCUT2D eigenvalue weighted by atomic mass is 9.99. The van der Waals surface area contributed by atoms with Crippen molar-refractivity contribution in [3.05, 3.63) is 24.0 Å². The predicted octanol–water partition coefficient (Wildman–Crippen LogP) is -3.66. The fourth-order valence-electron chi connectivity index (χ4n) is 2.47. The van der Waals surface area contributed by atoms with Gasteiger partial charge in [0.2, 0.25) is 0 Å². The van der Waals surface area contributed by atoms with Gasteiger partial charge in [0.05, 0.1) is 14.4 Å². The molecule has 0 aliphatic carbocycles. The van der Waals surface area contributed by atoms with E-state index in [1.54, 1.807) is 0 Å². The Morgan fingerprint density at radius 3 is 2.33 bits per heavy atom. The van der Waals surface area contributed by atoms with Crippen molar-refractivity contribution < 1.29 is 66.2 Å². The molecule has 2 heterocycles. The van der Waals surface area contributed by atoms with Crippen LogP contribution in [-0.4, -0.2) is 59.2 Å². The Labute approximate surface area is 168 Å². The maximum absolute atomic E-state index is 11.5. The van der Waals surface area contributed by atoms with Crippen molar-refractivity contribution in [2.75, 3.05) is 13.7 Å². The van der Waals surface area contributed by atoms with Gasteiger partial charge in [0.1, 0.15) is 24.4 Å². The molecule has 3 N–H and O–H groups in total. The van der Waals surface area contributed by atoms with Gasteiger partial charge in [-0.2, -0.15) is 0 Å². The summed E-state index contributed by atoms with van der Waals surface area (Å²) in [5.74, 6) is 0. The third-order valence-electron chi connectivity index (χ3n) is 3.73. The molecule has 1 saturated heterocycles. The highest BCUT2D eigenvalue weighted by atomic mass is 31.3. The molecule has 2 rings (SSSR count). The summed E-state index contributed by atoms with van der Waals surface area (Å²) in [6.45, 7) is 2.49. The van der Waals surface area contributed by atoms with Gasteiger partial charge in [0, 0.05) is 24.5 Å². The SMILES string of the molecule is C=C1NC(=O)N(C)C=C1[C@@H]1O[C@H](COP(=O)([O-])OP(=O)([O-])OP(=O)([O-])[O-])C(O)[C@@H]1O. The van der Waals surface area contributed by atoms with E-state index in [1.807, 2.05) is 0 Å². The minimum Gasteiger partial charge on any atom is -0.790 e. The first-order valence-electron chi connectivity index (χ1n) is 7.69. The zero-order chi connectivity index (χ0) is 23.1. The zero-order valence-corrected chi connectivity index (χ0v) is 17.6. The number of carbonyl (C=O) groups excluding carboxylic acids is 1. The summed E-state index contributed by atoms with van der Waals surface area (Å²) in [5.41, 5.74) is 0.185. The van der Waals surface area contributed by atoms with Crippen LogP contribution in [0, 0.1) is 0 Å². The van der Waals surface area contributed by atoms with E-state index in [9.17, 15) is 48.3 Å². The van der Waals surface area contributed by atoms with E-state index >= 15 is 0 Å². The van der Waals surface area contributed by atoms with Crippen molar-refractivity contribution in [1.82, 2.24) is 10.2 Å². The van der Waals surface area contributed by atoms with E-state index in [0.29, 0.717) is 0 Å². The van der Waals surface area contributed by atoms with Crippen LogP contribution >= 0.6 is 23.5 Å². The van der Waals surface area contributed by atoms with E-state index in [4.69, 9.17) is 4.74 Å². The van der Waals surface area contributed by atoms with Crippen molar-refractivity contribution in [1.29, 1.82) is 0 Å². The Bertz CT molecular complexity index is 884. The van der Waals surface area contributed by atoms with Crippen LogP contribution in [0.25, 0.3) is 0 Å². The van der Waals surface area contributed by atoms with E-state index in [-0.39, 0.29) is 11.3 Å². The molecule has 19 heteroatoms. The number of phosphoric ester groups is 1. The van der Waals surface area contributed by atoms with Gasteiger partial charge in [0.25, 0.3) is 15.6 Å². The topological polar surface area (TPSA) is 253 Å². The molecular formula is C11H15N2O14P3-4. The highest BCUT2D eigenvalue weighted by Gasteiger charge is 2.46. The first-order valence-corrected chi connectivity index (χ1v) is 12.1. The summed E-state index contributed by atoms with van der Waals surface area (Å²) >= 11 is 0. The van der Waals surface area contributed by atoms with Crippen LogP contribution in [0.2, 0.25) is 0 Å². The molecule has 0 radical (unpaired) electrons. The molecule has 0 spiro atoms. The Morgan fingerprint density at radius 1 is 1.17 bits per heavy atom. The molecule has 3 unspecified atom stereocenters. The van der Waals surface area contributed by atoms with Gasteiger partial charge in [-0.15, -0.1) is 0 Å². The van der Waals surface area contributed by atoms with Gasteiger partial charge in [-0.3, -0.25) is 13.4 Å². The number of rotatable bonds is 8. The van der Waals surface area contributed by atoms with Gasteiger partial charge in [-0.05, 0) is 0 Å². The molecule has 2 aliphatic heterocycles. The Hall–Kier alpha value is -0.960. The molecule has 2 aliphatic rings. The second kappa shape index (κ2) is 8.88. The van der Waals surface area contributed by atoms with Crippen LogP contribution in [0.15, 0.2) is 24.0 Å². The lowest BCUT2D eigenvalue weighted by Crippen LogP contribution is -2.42. The monoisotopic (exact) mass is 492 g/mol.